The Labute approximate surface area is 124 Å². The minimum atomic E-state index is -3.17. The summed E-state index contributed by atoms with van der Waals surface area (Å²) in [7, 11) is -3.17. The molecule has 0 aromatic rings. The number of urea groups is 1. The van der Waals surface area contributed by atoms with Crippen molar-refractivity contribution in [3.8, 4) is 0 Å². The number of amides is 2. The molecule has 0 radical (unpaired) electrons. The zero-order valence-electron chi connectivity index (χ0n) is 12.0. The number of sulfone groups is 1. The van der Waals surface area contributed by atoms with E-state index in [4.69, 9.17) is 5.11 Å². The normalized spacial score (nSPS) is 24.5. The Morgan fingerprint density at radius 2 is 2.19 bits per heavy atom. The molecule has 0 spiro atoms. The van der Waals surface area contributed by atoms with Crippen molar-refractivity contribution in [2.45, 2.75) is 25.8 Å². The summed E-state index contributed by atoms with van der Waals surface area (Å²) in [5.41, 5.74) is 1.06. The number of hydrogen-bond donors (Lipinski definition) is 1. The van der Waals surface area contributed by atoms with Gasteiger partial charge < -0.3 is 14.9 Å². The second-order valence-corrected chi connectivity index (χ2v) is 7.85. The molecule has 2 heterocycles. The van der Waals surface area contributed by atoms with Crippen LogP contribution in [0.4, 0.5) is 4.79 Å². The zero-order chi connectivity index (χ0) is 15.6. The van der Waals surface area contributed by atoms with Gasteiger partial charge in [0, 0.05) is 19.1 Å². The molecule has 1 unspecified atom stereocenters. The number of nitrogens with zero attached hydrogens (tertiary/aromatic N) is 2. The van der Waals surface area contributed by atoms with Crippen LogP contribution in [0.15, 0.2) is 11.6 Å². The maximum absolute atomic E-state index is 12.5. The van der Waals surface area contributed by atoms with Crippen LogP contribution in [0.3, 0.4) is 0 Å². The fourth-order valence-corrected chi connectivity index (χ4v) is 4.51. The van der Waals surface area contributed by atoms with E-state index in [0.717, 1.165) is 12.0 Å². The number of rotatable bonds is 3. The predicted octanol–water partition coefficient (Wildman–Crippen LogP) is 0.332. The monoisotopic (exact) mass is 316 g/mol. The molecular formula is C13H20N2O5S. The van der Waals surface area contributed by atoms with Gasteiger partial charge >= 0.3 is 12.0 Å². The number of hydrogen-bond acceptors (Lipinski definition) is 4. The van der Waals surface area contributed by atoms with Crippen molar-refractivity contribution in [3.63, 3.8) is 0 Å². The highest BCUT2D eigenvalue weighted by Gasteiger charge is 2.37. The van der Waals surface area contributed by atoms with Crippen LogP contribution >= 0.6 is 0 Å². The molecule has 8 heteroatoms. The van der Waals surface area contributed by atoms with Gasteiger partial charge in [-0.15, -0.1) is 0 Å². The summed E-state index contributed by atoms with van der Waals surface area (Å²) < 4.78 is 23.1. The summed E-state index contributed by atoms with van der Waals surface area (Å²) in [5.74, 6) is -1.26. The summed E-state index contributed by atoms with van der Waals surface area (Å²) in [6, 6.07) is -0.920. The van der Waals surface area contributed by atoms with Crippen LogP contribution in [0.2, 0.25) is 0 Å². The summed E-state index contributed by atoms with van der Waals surface area (Å²) in [4.78, 5) is 26.3. The van der Waals surface area contributed by atoms with E-state index in [1.54, 1.807) is 4.90 Å². The van der Waals surface area contributed by atoms with E-state index in [2.05, 4.69) is 0 Å². The van der Waals surface area contributed by atoms with Crippen LogP contribution in [-0.2, 0) is 14.6 Å². The Balaban J connectivity index is 2.14. The van der Waals surface area contributed by atoms with Crippen molar-refractivity contribution in [1.82, 2.24) is 9.80 Å². The number of carboxylic acid groups (broad SMARTS) is 1. The van der Waals surface area contributed by atoms with Gasteiger partial charge in [-0.3, -0.25) is 4.79 Å². The molecule has 0 saturated carbocycles. The standard InChI is InChI=1S/C13H20N2O5S/c1-10-3-2-5-14(7-10)13(18)15(8-12(16)17)11-4-6-21(19,20)9-11/h3,11H,2,4-9H2,1H3,(H,16,17). The summed E-state index contributed by atoms with van der Waals surface area (Å²) in [6.45, 7) is 2.46. The number of carboxylic acids is 1. The summed E-state index contributed by atoms with van der Waals surface area (Å²) >= 11 is 0. The second kappa shape index (κ2) is 6.05. The Hall–Kier alpha value is -1.57. The average molecular weight is 316 g/mol. The Bertz CT molecular complexity index is 569. The highest BCUT2D eigenvalue weighted by atomic mass is 32.2. The van der Waals surface area contributed by atoms with Crippen LogP contribution in [0.1, 0.15) is 19.8 Å². The first-order chi connectivity index (χ1) is 9.78. The van der Waals surface area contributed by atoms with Crippen molar-refractivity contribution in [2.24, 2.45) is 0 Å². The SMILES string of the molecule is CC1=CCCN(C(=O)N(CC(=O)O)C2CCS(=O)(=O)C2)C1. The van der Waals surface area contributed by atoms with Gasteiger partial charge in [-0.1, -0.05) is 11.6 Å². The van der Waals surface area contributed by atoms with Crippen molar-refractivity contribution in [2.75, 3.05) is 31.1 Å². The van der Waals surface area contributed by atoms with E-state index >= 15 is 0 Å². The lowest BCUT2D eigenvalue weighted by Gasteiger charge is -2.34. The smallest absolute Gasteiger partial charge is 0.323 e. The Morgan fingerprint density at radius 3 is 2.71 bits per heavy atom. The molecule has 0 aliphatic carbocycles. The molecular weight excluding hydrogens is 296 g/mol. The third-order valence-corrected chi connectivity index (χ3v) is 5.55. The lowest BCUT2D eigenvalue weighted by Crippen LogP contribution is -2.51. The molecule has 2 aliphatic heterocycles. The van der Waals surface area contributed by atoms with E-state index in [0.29, 0.717) is 19.5 Å². The molecule has 1 saturated heterocycles. The van der Waals surface area contributed by atoms with Gasteiger partial charge in [-0.25, -0.2) is 13.2 Å². The van der Waals surface area contributed by atoms with E-state index in [-0.39, 0.29) is 17.5 Å². The lowest BCUT2D eigenvalue weighted by molar-refractivity contribution is -0.138. The molecule has 1 N–H and O–H groups in total. The van der Waals surface area contributed by atoms with Gasteiger partial charge in [0.15, 0.2) is 9.84 Å². The van der Waals surface area contributed by atoms with Gasteiger partial charge in [-0.2, -0.15) is 0 Å². The van der Waals surface area contributed by atoms with Crippen LogP contribution in [0.5, 0.6) is 0 Å². The van der Waals surface area contributed by atoms with Crippen LogP contribution in [-0.4, -0.2) is 72.5 Å². The highest BCUT2D eigenvalue weighted by molar-refractivity contribution is 7.91. The molecule has 21 heavy (non-hydrogen) atoms. The van der Waals surface area contributed by atoms with Gasteiger partial charge in [0.25, 0.3) is 0 Å². The third-order valence-electron chi connectivity index (χ3n) is 3.80. The van der Waals surface area contributed by atoms with Crippen LogP contribution < -0.4 is 0 Å². The van der Waals surface area contributed by atoms with Gasteiger partial charge in [0.05, 0.1) is 11.5 Å². The number of carbonyl (C=O) groups is 2. The van der Waals surface area contributed by atoms with Crippen LogP contribution in [0.25, 0.3) is 0 Å². The molecule has 118 valence electrons. The minimum Gasteiger partial charge on any atom is -0.480 e. The minimum absolute atomic E-state index is 0.0139. The van der Waals surface area contributed by atoms with Crippen LogP contribution in [0, 0.1) is 0 Å². The molecule has 0 aromatic heterocycles. The number of carbonyl (C=O) groups excluding carboxylic acids is 1. The molecule has 1 fully saturated rings. The quantitative estimate of drug-likeness (QED) is 0.757. The predicted molar refractivity (Wildman–Crippen MR) is 76.7 cm³/mol. The van der Waals surface area contributed by atoms with E-state index in [1.165, 1.54) is 4.90 Å². The first-order valence-electron chi connectivity index (χ1n) is 6.92. The van der Waals surface area contributed by atoms with Gasteiger partial charge in [0.1, 0.15) is 6.54 Å². The molecule has 2 rings (SSSR count). The zero-order valence-corrected chi connectivity index (χ0v) is 12.8. The third kappa shape index (κ3) is 3.96. The molecule has 7 nitrogen and oxygen atoms in total. The van der Waals surface area contributed by atoms with Crippen molar-refractivity contribution in [1.29, 1.82) is 0 Å². The second-order valence-electron chi connectivity index (χ2n) is 5.62. The van der Waals surface area contributed by atoms with E-state index < -0.39 is 28.4 Å². The summed E-state index contributed by atoms with van der Waals surface area (Å²) in [6.07, 6.45) is 3.09. The molecule has 0 bridgehead atoms. The van der Waals surface area contributed by atoms with Crippen molar-refractivity contribution in [3.05, 3.63) is 11.6 Å². The van der Waals surface area contributed by atoms with E-state index in [9.17, 15) is 18.0 Å². The Morgan fingerprint density at radius 1 is 1.48 bits per heavy atom. The molecule has 1 atom stereocenters. The van der Waals surface area contributed by atoms with Gasteiger partial charge in [-0.05, 0) is 19.8 Å². The van der Waals surface area contributed by atoms with E-state index in [1.807, 2.05) is 13.0 Å². The molecule has 2 amide bonds. The molecule has 0 aromatic carbocycles. The average Bonchev–Trinajstić information content (AvgIpc) is 2.75. The maximum Gasteiger partial charge on any atom is 0.323 e. The topological polar surface area (TPSA) is 95.0 Å². The summed E-state index contributed by atoms with van der Waals surface area (Å²) in [5, 5.41) is 9.00. The largest absolute Gasteiger partial charge is 0.480 e. The van der Waals surface area contributed by atoms with Gasteiger partial charge in [0.2, 0.25) is 0 Å². The van der Waals surface area contributed by atoms with Crippen molar-refractivity contribution >= 4 is 21.8 Å². The highest BCUT2D eigenvalue weighted by Crippen LogP contribution is 2.20. The Kier molecular flexibility index (Phi) is 4.55. The fraction of sp³-hybridized carbons (Fsp3) is 0.692. The lowest BCUT2D eigenvalue weighted by atomic mass is 10.1. The maximum atomic E-state index is 12.5. The number of aliphatic carboxylic acids is 1. The first-order valence-corrected chi connectivity index (χ1v) is 8.74. The van der Waals surface area contributed by atoms with Crippen molar-refractivity contribution < 1.29 is 23.1 Å². The first kappa shape index (κ1) is 15.8. The molecule has 2 aliphatic rings. The fourth-order valence-electron chi connectivity index (χ4n) is 2.78.